The second-order valence-corrected chi connectivity index (χ2v) is 8.31. The largest absolute Gasteiger partial charge is 0.492 e. The summed E-state index contributed by atoms with van der Waals surface area (Å²) < 4.78 is 6.52. The number of carbonyl (C=O) groups is 1. The Morgan fingerprint density at radius 1 is 1.15 bits per heavy atom. The van der Waals surface area contributed by atoms with Crippen LogP contribution < -0.4 is 15.4 Å². The highest BCUT2D eigenvalue weighted by Crippen LogP contribution is 2.27. The molecule has 6 heteroatoms. The molecule has 2 amide bonds. The SMILES string of the molecule is CC(C)(C)c1ccc(NC(=O)NCCCOc2ccc(Br)cc2Cl)cc1. The minimum Gasteiger partial charge on any atom is -0.492 e. The second kappa shape index (κ2) is 9.28. The van der Waals surface area contributed by atoms with Crippen LogP contribution in [0.15, 0.2) is 46.9 Å². The van der Waals surface area contributed by atoms with Gasteiger partial charge in [0, 0.05) is 16.7 Å². The van der Waals surface area contributed by atoms with Crippen molar-refractivity contribution in [3.05, 3.63) is 57.5 Å². The predicted octanol–water partition coefficient (Wildman–Crippen LogP) is 5.99. The Kier molecular flexibility index (Phi) is 7.35. The molecule has 4 nitrogen and oxygen atoms in total. The number of rotatable bonds is 6. The average molecular weight is 440 g/mol. The number of urea groups is 1. The molecule has 0 atom stereocenters. The fourth-order valence-corrected chi connectivity index (χ4v) is 3.01. The van der Waals surface area contributed by atoms with Gasteiger partial charge in [0.15, 0.2) is 0 Å². The smallest absolute Gasteiger partial charge is 0.319 e. The minimum absolute atomic E-state index is 0.0958. The first-order chi connectivity index (χ1) is 12.3. The van der Waals surface area contributed by atoms with Gasteiger partial charge < -0.3 is 15.4 Å². The van der Waals surface area contributed by atoms with Gasteiger partial charge in [0.25, 0.3) is 0 Å². The summed E-state index contributed by atoms with van der Waals surface area (Å²) in [6, 6.07) is 13.1. The molecule has 0 aliphatic rings. The third kappa shape index (κ3) is 6.54. The third-order valence-electron chi connectivity index (χ3n) is 3.77. The summed E-state index contributed by atoms with van der Waals surface area (Å²) in [5.74, 6) is 0.637. The average Bonchev–Trinajstić information content (AvgIpc) is 2.56. The summed E-state index contributed by atoms with van der Waals surface area (Å²) in [7, 11) is 0. The number of anilines is 1. The van der Waals surface area contributed by atoms with Gasteiger partial charge in [-0.2, -0.15) is 0 Å². The zero-order chi connectivity index (χ0) is 19.2. The highest BCUT2D eigenvalue weighted by atomic mass is 79.9. The molecule has 0 aliphatic carbocycles. The number of benzene rings is 2. The first kappa shape index (κ1) is 20.6. The summed E-state index contributed by atoms with van der Waals surface area (Å²) in [6.45, 7) is 7.46. The number of amides is 2. The van der Waals surface area contributed by atoms with Gasteiger partial charge in [-0.25, -0.2) is 4.79 Å². The quantitative estimate of drug-likeness (QED) is 0.543. The Bertz CT molecular complexity index is 742. The van der Waals surface area contributed by atoms with Gasteiger partial charge in [-0.3, -0.25) is 0 Å². The van der Waals surface area contributed by atoms with Crippen LogP contribution in [0, 0.1) is 0 Å². The lowest BCUT2D eigenvalue weighted by atomic mass is 9.87. The molecule has 0 bridgehead atoms. The molecule has 0 fully saturated rings. The molecule has 2 aromatic rings. The number of hydrogen-bond donors (Lipinski definition) is 2. The van der Waals surface area contributed by atoms with Crippen molar-refractivity contribution >= 4 is 39.2 Å². The molecule has 0 aliphatic heterocycles. The molecule has 2 rings (SSSR count). The molecular formula is C20H24BrClN2O2. The summed E-state index contributed by atoms with van der Waals surface area (Å²) in [5.41, 5.74) is 2.10. The van der Waals surface area contributed by atoms with E-state index in [0.717, 1.165) is 10.2 Å². The van der Waals surface area contributed by atoms with Crippen LogP contribution in [0.4, 0.5) is 10.5 Å². The predicted molar refractivity (Wildman–Crippen MR) is 111 cm³/mol. The Hall–Kier alpha value is -1.72. The van der Waals surface area contributed by atoms with Crippen molar-refractivity contribution in [2.45, 2.75) is 32.6 Å². The first-order valence-corrected chi connectivity index (χ1v) is 9.66. The molecule has 140 valence electrons. The van der Waals surface area contributed by atoms with Crippen LogP contribution in [0.2, 0.25) is 5.02 Å². The van der Waals surface area contributed by atoms with E-state index in [1.807, 2.05) is 36.4 Å². The van der Waals surface area contributed by atoms with Crippen molar-refractivity contribution in [3.8, 4) is 5.75 Å². The highest BCUT2D eigenvalue weighted by Gasteiger charge is 2.13. The zero-order valence-corrected chi connectivity index (χ0v) is 17.6. The number of ether oxygens (including phenoxy) is 1. The molecule has 2 aromatic carbocycles. The van der Waals surface area contributed by atoms with Gasteiger partial charge in [-0.05, 0) is 47.7 Å². The topological polar surface area (TPSA) is 50.4 Å². The maximum atomic E-state index is 11.9. The fourth-order valence-electron chi connectivity index (χ4n) is 2.28. The van der Waals surface area contributed by atoms with E-state index in [-0.39, 0.29) is 11.4 Å². The molecule has 0 saturated carbocycles. The second-order valence-electron chi connectivity index (χ2n) is 6.99. The highest BCUT2D eigenvalue weighted by molar-refractivity contribution is 9.10. The van der Waals surface area contributed by atoms with Crippen molar-refractivity contribution < 1.29 is 9.53 Å². The Labute approximate surface area is 168 Å². The monoisotopic (exact) mass is 438 g/mol. The van der Waals surface area contributed by atoms with E-state index in [2.05, 4.69) is 47.3 Å². The van der Waals surface area contributed by atoms with Gasteiger partial charge in [0.1, 0.15) is 5.75 Å². The van der Waals surface area contributed by atoms with Gasteiger partial charge in [-0.15, -0.1) is 0 Å². The van der Waals surface area contributed by atoms with Gasteiger partial charge >= 0.3 is 6.03 Å². The van der Waals surface area contributed by atoms with Crippen LogP contribution in [-0.2, 0) is 5.41 Å². The van der Waals surface area contributed by atoms with E-state index in [9.17, 15) is 4.79 Å². The number of hydrogen-bond acceptors (Lipinski definition) is 2. The molecule has 0 aromatic heterocycles. The maximum absolute atomic E-state index is 11.9. The summed E-state index contributed by atoms with van der Waals surface area (Å²) >= 11 is 9.44. The van der Waals surface area contributed by atoms with Crippen molar-refractivity contribution in [2.75, 3.05) is 18.5 Å². The van der Waals surface area contributed by atoms with E-state index in [1.165, 1.54) is 5.56 Å². The van der Waals surface area contributed by atoms with Crippen LogP contribution in [0.3, 0.4) is 0 Å². The number of nitrogens with one attached hydrogen (secondary N) is 2. The van der Waals surface area contributed by atoms with Crippen LogP contribution >= 0.6 is 27.5 Å². The van der Waals surface area contributed by atoms with Crippen molar-refractivity contribution in [1.82, 2.24) is 5.32 Å². The lowest BCUT2D eigenvalue weighted by molar-refractivity contribution is 0.250. The van der Waals surface area contributed by atoms with Crippen LogP contribution in [0.1, 0.15) is 32.8 Å². The summed E-state index contributed by atoms with van der Waals surface area (Å²) in [6.07, 6.45) is 0.683. The normalized spacial score (nSPS) is 11.1. The molecule has 0 unspecified atom stereocenters. The molecule has 0 heterocycles. The standard InChI is InChI=1S/C20H24BrClN2O2/c1-20(2,3)14-5-8-16(9-6-14)24-19(25)23-11-4-12-26-18-10-7-15(21)13-17(18)22/h5-10,13H,4,11-12H2,1-3H3,(H2,23,24,25). The number of carbonyl (C=O) groups excluding carboxylic acids is 1. The molecule has 0 radical (unpaired) electrons. The van der Waals surface area contributed by atoms with Crippen molar-refractivity contribution in [2.24, 2.45) is 0 Å². The maximum Gasteiger partial charge on any atom is 0.319 e. The van der Waals surface area contributed by atoms with Gasteiger partial charge in [-0.1, -0.05) is 60.4 Å². The number of halogens is 2. The van der Waals surface area contributed by atoms with E-state index in [0.29, 0.717) is 30.3 Å². The molecular weight excluding hydrogens is 416 g/mol. The molecule has 0 spiro atoms. The van der Waals surface area contributed by atoms with Gasteiger partial charge in [0.05, 0.1) is 11.6 Å². The molecule has 26 heavy (non-hydrogen) atoms. The van der Waals surface area contributed by atoms with E-state index in [1.54, 1.807) is 6.07 Å². The van der Waals surface area contributed by atoms with Gasteiger partial charge in [0.2, 0.25) is 0 Å². The Morgan fingerprint density at radius 2 is 1.85 bits per heavy atom. The van der Waals surface area contributed by atoms with E-state index >= 15 is 0 Å². The van der Waals surface area contributed by atoms with Crippen molar-refractivity contribution in [1.29, 1.82) is 0 Å². The van der Waals surface area contributed by atoms with Crippen LogP contribution in [0.5, 0.6) is 5.75 Å². The van der Waals surface area contributed by atoms with Crippen molar-refractivity contribution in [3.63, 3.8) is 0 Å². The van der Waals surface area contributed by atoms with Crippen LogP contribution in [-0.4, -0.2) is 19.2 Å². The van der Waals surface area contributed by atoms with E-state index < -0.39 is 0 Å². The molecule has 0 saturated heterocycles. The lowest BCUT2D eigenvalue weighted by Crippen LogP contribution is -2.30. The Morgan fingerprint density at radius 3 is 2.46 bits per heavy atom. The summed E-state index contributed by atoms with van der Waals surface area (Å²) in [4.78, 5) is 11.9. The third-order valence-corrected chi connectivity index (χ3v) is 4.56. The zero-order valence-electron chi connectivity index (χ0n) is 15.2. The summed E-state index contributed by atoms with van der Waals surface area (Å²) in [5, 5.41) is 6.20. The first-order valence-electron chi connectivity index (χ1n) is 8.49. The minimum atomic E-state index is -0.227. The fraction of sp³-hybridized carbons (Fsp3) is 0.350. The van der Waals surface area contributed by atoms with Crippen LogP contribution in [0.25, 0.3) is 0 Å². The Balaban J connectivity index is 1.69. The lowest BCUT2D eigenvalue weighted by Gasteiger charge is -2.19. The molecule has 2 N–H and O–H groups in total. The van der Waals surface area contributed by atoms with E-state index in [4.69, 9.17) is 16.3 Å².